The van der Waals surface area contributed by atoms with Crippen molar-refractivity contribution in [1.29, 1.82) is 0 Å². The second-order valence-corrected chi connectivity index (χ2v) is 4.85. The summed E-state index contributed by atoms with van der Waals surface area (Å²) in [6.45, 7) is 4.78. The first-order chi connectivity index (χ1) is 9.58. The Balaban J connectivity index is 0.00000220. The van der Waals surface area contributed by atoms with Gasteiger partial charge in [-0.05, 0) is 13.0 Å². The van der Waals surface area contributed by atoms with Gasteiger partial charge in [-0.15, -0.1) is 12.4 Å². The molecule has 1 aromatic rings. The Kier molecular flexibility index (Phi) is 6.54. The fraction of sp³-hybridized carbons (Fsp3) is 0.462. The number of nitrogens with zero attached hydrogens (tertiary/aromatic N) is 2. The summed E-state index contributed by atoms with van der Waals surface area (Å²) in [5, 5.41) is 16.7. The number of rotatable bonds is 4. The third-order valence-corrected chi connectivity index (χ3v) is 3.36. The molecule has 0 bridgehead atoms. The van der Waals surface area contributed by atoms with Crippen molar-refractivity contribution in [2.24, 2.45) is 0 Å². The van der Waals surface area contributed by atoms with Crippen LogP contribution in [-0.4, -0.2) is 48.0 Å². The lowest BCUT2D eigenvalue weighted by Gasteiger charge is -2.33. The lowest BCUT2D eigenvalue weighted by molar-refractivity contribution is -0.383. The van der Waals surface area contributed by atoms with Gasteiger partial charge in [0, 0.05) is 31.7 Å². The fourth-order valence-electron chi connectivity index (χ4n) is 2.23. The predicted molar refractivity (Wildman–Crippen MR) is 82.9 cm³/mol. The SMILES string of the molecule is C[C@H]1CNCCN1CC(=O)Nc1ccccc1[N+](=O)[O-].Cl. The van der Waals surface area contributed by atoms with Crippen LogP contribution in [0.2, 0.25) is 0 Å². The molecule has 0 spiro atoms. The molecule has 7 nitrogen and oxygen atoms in total. The molecule has 0 aromatic heterocycles. The van der Waals surface area contributed by atoms with Gasteiger partial charge in [-0.2, -0.15) is 0 Å². The van der Waals surface area contributed by atoms with E-state index in [1.54, 1.807) is 12.1 Å². The van der Waals surface area contributed by atoms with E-state index in [4.69, 9.17) is 0 Å². The highest BCUT2D eigenvalue weighted by Gasteiger charge is 2.21. The summed E-state index contributed by atoms with van der Waals surface area (Å²) in [4.78, 5) is 24.4. The minimum Gasteiger partial charge on any atom is -0.319 e. The molecule has 2 N–H and O–H groups in total. The zero-order valence-electron chi connectivity index (χ0n) is 11.7. The van der Waals surface area contributed by atoms with Gasteiger partial charge in [0.05, 0.1) is 11.5 Å². The number of nitrogens with one attached hydrogen (secondary N) is 2. The van der Waals surface area contributed by atoms with Crippen LogP contribution in [0.15, 0.2) is 24.3 Å². The highest BCUT2D eigenvalue weighted by Crippen LogP contribution is 2.23. The van der Waals surface area contributed by atoms with E-state index in [9.17, 15) is 14.9 Å². The van der Waals surface area contributed by atoms with Gasteiger partial charge in [0.25, 0.3) is 5.69 Å². The van der Waals surface area contributed by atoms with E-state index in [0.717, 1.165) is 19.6 Å². The Morgan fingerprint density at radius 2 is 2.24 bits per heavy atom. The second kappa shape index (κ2) is 7.92. The van der Waals surface area contributed by atoms with Crippen molar-refractivity contribution < 1.29 is 9.72 Å². The molecule has 116 valence electrons. The number of para-hydroxylation sites is 2. The average Bonchev–Trinajstić information content (AvgIpc) is 2.41. The fourth-order valence-corrected chi connectivity index (χ4v) is 2.23. The van der Waals surface area contributed by atoms with Crippen LogP contribution in [0, 0.1) is 10.1 Å². The molecule has 1 amide bonds. The van der Waals surface area contributed by atoms with Crippen molar-refractivity contribution >= 4 is 29.7 Å². The summed E-state index contributed by atoms with van der Waals surface area (Å²) < 4.78 is 0. The van der Waals surface area contributed by atoms with Gasteiger partial charge in [0.2, 0.25) is 5.91 Å². The van der Waals surface area contributed by atoms with Crippen LogP contribution in [0.4, 0.5) is 11.4 Å². The summed E-state index contributed by atoms with van der Waals surface area (Å²) in [6.07, 6.45) is 0. The molecule has 1 aliphatic rings. The molecule has 0 aliphatic carbocycles. The zero-order valence-corrected chi connectivity index (χ0v) is 12.6. The van der Waals surface area contributed by atoms with Gasteiger partial charge >= 0.3 is 0 Å². The van der Waals surface area contributed by atoms with Crippen LogP contribution in [-0.2, 0) is 4.79 Å². The van der Waals surface area contributed by atoms with Crippen LogP contribution in [0.5, 0.6) is 0 Å². The normalized spacial score (nSPS) is 18.6. The van der Waals surface area contributed by atoms with Crippen LogP contribution >= 0.6 is 12.4 Å². The number of halogens is 1. The third kappa shape index (κ3) is 4.66. The molecule has 8 heteroatoms. The van der Waals surface area contributed by atoms with Gasteiger partial charge in [-0.3, -0.25) is 19.8 Å². The topological polar surface area (TPSA) is 87.5 Å². The van der Waals surface area contributed by atoms with E-state index in [1.807, 2.05) is 6.92 Å². The average molecular weight is 315 g/mol. The van der Waals surface area contributed by atoms with E-state index in [-0.39, 0.29) is 42.3 Å². The first-order valence-electron chi connectivity index (χ1n) is 6.56. The molecule has 1 aliphatic heterocycles. The van der Waals surface area contributed by atoms with Crippen LogP contribution in [0.3, 0.4) is 0 Å². The summed E-state index contributed by atoms with van der Waals surface area (Å²) in [5.74, 6) is -0.229. The lowest BCUT2D eigenvalue weighted by Crippen LogP contribution is -2.52. The molecule has 21 heavy (non-hydrogen) atoms. The van der Waals surface area contributed by atoms with Gasteiger partial charge in [0.1, 0.15) is 5.69 Å². The predicted octanol–water partition coefficient (Wildman–Crippen LogP) is 1.25. The number of benzene rings is 1. The molecule has 0 radical (unpaired) electrons. The van der Waals surface area contributed by atoms with E-state index < -0.39 is 4.92 Å². The van der Waals surface area contributed by atoms with Gasteiger partial charge in [0.15, 0.2) is 0 Å². The summed E-state index contributed by atoms with van der Waals surface area (Å²) in [5.41, 5.74) is 0.152. The minimum atomic E-state index is -0.497. The highest BCUT2D eigenvalue weighted by atomic mass is 35.5. The van der Waals surface area contributed by atoms with E-state index in [0.29, 0.717) is 0 Å². The summed E-state index contributed by atoms with van der Waals surface area (Å²) in [6, 6.07) is 6.43. The van der Waals surface area contributed by atoms with Gasteiger partial charge < -0.3 is 10.6 Å². The number of nitro benzene ring substituents is 1. The number of hydrogen-bond acceptors (Lipinski definition) is 5. The molecular formula is C13H19ClN4O3. The van der Waals surface area contributed by atoms with E-state index >= 15 is 0 Å². The van der Waals surface area contributed by atoms with Crippen molar-refractivity contribution in [2.45, 2.75) is 13.0 Å². The maximum Gasteiger partial charge on any atom is 0.292 e. The summed E-state index contributed by atoms with van der Waals surface area (Å²) in [7, 11) is 0. The minimum absolute atomic E-state index is 0. The maximum absolute atomic E-state index is 12.0. The Hall–Kier alpha value is -1.70. The lowest BCUT2D eigenvalue weighted by atomic mass is 10.2. The van der Waals surface area contributed by atoms with Crippen molar-refractivity contribution in [3.05, 3.63) is 34.4 Å². The Bertz CT molecular complexity index is 512. The number of carbonyl (C=O) groups excluding carboxylic acids is 1. The van der Waals surface area contributed by atoms with E-state index in [2.05, 4.69) is 15.5 Å². The molecule has 0 unspecified atom stereocenters. The molecule has 2 rings (SSSR count). The highest BCUT2D eigenvalue weighted by molar-refractivity contribution is 5.94. The first kappa shape index (κ1) is 17.4. The van der Waals surface area contributed by atoms with Gasteiger partial charge in [-0.1, -0.05) is 12.1 Å². The Morgan fingerprint density at radius 3 is 2.90 bits per heavy atom. The zero-order chi connectivity index (χ0) is 14.5. The number of amides is 1. The largest absolute Gasteiger partial charge is 0.319 e. The molecule has 1 atom stereocenters. The number of hydrogen-bond donors (Lipinski definition) is 2. The Labute approximate surface area is 129 Å². The number of piperazine rings is 1. The van der Waals surface area contributed by atoms with Gasteiger partial charge in [-0.25, -0.2) is 0 Å². The van der Waals surface area contributed by atoms with Crippen LogP contribution in [0.25, 0.3) is 0 Å². The quantitative estimate of drug-likeness (QED) is 0.645. The molecule has 1 aromatic carbocycles. The molecule has 0 saturated carbocycles. The second-order valence-electron chi connectivity index (χ2n) is 4.85. The van der Waals surface area contributed by atoms with E-state index in [1.165, 1.54) is 12.1 Å². The van der Waals surface area contributed by atoms with Crippen LogP contribution < -0.4 is 10.6 Å². The maximum atomic E-state index is 12.0. The third-order valence-electron chi connectivity index (χ3n) is 3.36. The molecular weight excluding hydrogens is 296 g/mol. The molecule has 1 fully saturated rings. The Morgan fingerprint density at radius 1 is 1.52 bits per heavy atom. The number of carbonyl (C=O) groups is 1. The monoisotopic (exact) mass is 314 g/mol. The molecule has 1 saturated heterocycles. The first-order valence-corrected chi connectivity index (χ1v) is 6.56. The standard InChI is InChI=1S/C13H18N4O3.ClH/c1-10-8-14-6-7-16(10)9-13(18)15-11-4-2-3-5-12(11)17(19)20;/h2-5,10,14H,6-9H2,1H3,(H,15,18);1H/t10-;/m0./s1. The van der Waals surface area contributed by atoms with Crippen molar-refractivity contribution in [1.82, 2.24) is 10.2 Å². The number of nitro groups is 1. The van der Waals surface area contributed by atoms with Crippen molar-refractivity contribution in [3.8, 4) is 0 Å². The van der Waals surface area contributed by atoms with Crippen molar-refractivity contribution in [2.75, 3.05) is 31.5 Å². The smallest absolute Gasteiger partial charge is 0.292 e. The van der Waals surface area contributed by atoms with Crippen LogP contribution in [0.1, 0.15) is 6.92 Å². The van der Waals surface area contributed by atoms with Crippen molar-refractivity contribution in [3.63, 3.8) is 0 Å². The molecule has 1 heterocycles. The number of anilines is 1. The summed E-state index contributed by atoms with van der Waals surface area (Å²) >= 11 is 0.